The van der Waals surface area contributed by atoms with Crippen molar-refractivity contribution in [3.63, 3.8) is 0 Å². The Morgan fingerprint density at radius 1 is 1.32 bits per heavy atom. The van der Waals surface area contributed by atoms with Crippen molar-refractivity contribution in [3.8, 4) is 11.4 Å². The number of amides is 1. The highest BCUT2D eigenvalue weighted by molar-refractivity contribution is 6.44. The number of carboxylic acid groups (broad SMARTS) is 1. The second-order valence-electron chi connectivity index (χ2n) is 7.15. The van der Waals surface area contributed by atoms with Crippen molar-refractivity contribution in [2.75, 3.05) is 0 Å². The normalized spacial score (nSPS) is 23.8. The Labute approximate surface area is 172 Å². The van der Waals surface area contributed by atoms with E-state index < -0.39 is 30.0 Å². The van der Waals surface area contributed by atoms with Gasteiger partial charge in [0.1, 0.15) is 5.71 Å². The summed E-state index contributed by atoms with van der Waals surface area (Å²) in [6.45, 7) is 0. The van der Waals surface area contributed by atoms with E-state index in [1.165, 1.54) is 0 Å². The van der Waals surface area contributed by atoms with E-state index in [9.17, 15) is 24.6 Å². The van der Waals surface area contributed by atoms with Crippen LogP contribution < -0.4 is 11.1 Å². The molecule has 2 unspecified atom stereocenters. The molecule has 4 N–H and O–H groups in total. The quantitative estimate of drug-likeness (QED) is 0.522. The fraction of sp³-hybridized carbons (Fsp3) is 0.278. The first-order valence-electron chi connectivity index (χ1n) is 9.31. The summed E-state index contributed by atoms with van der Waals surface area (Å²) >= 11 is 0. The molecule has 31 heavy (non-hydrogen) atoms. The number of hydrogen-bond donors (Lipinski definition) is 4. The standard InChI is InChI=1S/C18H15N7O6/c26-15(11-6-12(17(28)29)25-14(19-11)16(27)22-24-25)20-10-4-2-7-5-8(1-3-9(7)10)13-21-18(30)31-23-13/h1,3,5-6,10,14,16,27H,2,4H2,(H,20,26)(H,28,29)(H,21,23,30)/t10-,14?,16?/m0/s1. The van der Waals surface area contributed by atoms with E-state index in [0.29, 0.717) is 24.2 Å². The Balaban J connectivity index is 1.37. The molecule has 158 valence electrons. The Bertz CT molecular complexity index is 1240. The number of aliphatic carboxylic acids is 1. The first-order valence-corrected chi connectivity index (χ1v) is 9.31. The molecule has 1 amide bonds. The van der Waals surface area contributed by atoms with E-state index in [0.717, 1.165) is 22.2 Å². The van der Waals surface area contributed by atoms with Gasteiger partial charge < -0.3 is 15.5 Å². The maximum absolute atomic E-state index is 12.8. The fourth-order valence-electron chi connectivity index (χ4n) is 3.82. The number of H-pyrrole nitrogens is 1. The summed E-state index contributed by atoms with van der Waals surface area (Å²) in [6.07, 6.45) is -0.0399. The zero-order valence-corrected chi connectivity index (χ0v) is 15.7. The van der Waals surface area contributed by atoms with E-state index in [2.05, 4.69) is 35.3 Å². The highest BCUT2D eigenvalue weighted by Gasteiger charge is 2.40. The SMILES string of the molecule is O=C(O)C1=CC(C(=O)N[C@H]2CCc3cc(-c4noc(=O)[nH]4)ccc32)=NC2C(O)N=NN12. The molecule has 13 heteroatoms. The van der Waals surface area contributed by atoms with Crippen LogP contribution in [0.25, 0.3) is 11.4 Å². The molecule has 0 spiro atoms. The minimum Gasteiger partial charge on any atom is -0.477 e. The van der Waals surface area contributed by atoms with Crippen LogP contribution in [-0.4, -0.2) is 55.3 Å². The first kappa shape index (κ1) is 18.9. The smallest absolute Gasteiger partial charge is 0.439 e. The molecule has 0 fully saturated rings. The molecular weight excluding hydrogens is 410 g/mol. The van der Waals surface area contributed by atoms with Crippen LogP contribution in [0.1, 0.15) is 23.6 Å². The molecule has 2 aliphatic heterocycles. The molecule has 0 bridgehead atoms. The molecule has 0 saturated carbocycles. The summed E-state index contributed by atoms with van der Waals surface area (Å²) in [5.41, 5.74) is 2.13. The van der Waals surface area contributed by atoms with Crippen LogP contribution in [0.3, 0.4) is 0 Å². The van der Waals surface area contributed by atoms with Crippen molar-refractivity contribution >= 4 is 17.6 Å². The number of rotatable bonds is 4. The average Bonchev–Trinajstić information content (AvgIpc) is 3.46. The molecule has 5 rings (SSSR count). The third-order valence-electron chi connectivity index (χ3n) is 5.27. The van der Waals surface area contributed by atoms with Crippen molar-refractivity contribution < 1.29 is 24.3 Å². The number of benzene rings is 1. The van der Waals surface area contributed by atoms with Crippen molar-refractivity contribution in [1.82, 2.24) is 20.5 Å². The van der Waals surface area contributed by atoms with Gasteiger partial charge in [0.25, 0.3) is 5.91 Å². The third-order valence-corrected chi connectivity index (χ3v) is 5.27. The lowest BCUT2D eigenvalue weighted by Crippen LogP contribution is -2.42. The van der Waals surface area contributed by atoms with E-state index in [1.807, 2.05) is 12.1 Å². The van der Waals surface area contributed by atoms with Crippen LogP contribution in [0, 0.1) is 0 Å². The van der Waals surface area contributed by atoms with Gasteiger partial charge in [0.2, 0.25) is 6.23 Å². The third kappa shape index (κ3) is 3.20. The van der Waals surface area contributed by atoms with Gasteiger partial charge >= 0.3 is 11.7 Å². The predicted octanol–water partition coefficient (Wildman–Crippen LogP) is -0.116. The topological polar surface area (TPSA) is 186 Å². The number of aromatic nitrogens is 2. The van der Waals surface area contributed by atoms with Crippen LogP contribution in [0.4, 0.5) is 0 Å². The van der Waals surface area contributed by atoms with E-state index in [-0.39, 0.29) is 17.5 Å². The zero-order chi connectivity index (χ0) is 21.7. The van der Waals surface area contributed by atoms with Gasteiger partial charge in [-0.1, -0.05) is 22.5 Å². The number of hydrogen-bond acceptors (Lipinski definition) is 10. The molecular formula is C18H15N7O6. The van der Waals surface area contributed by atoms with Crippen molar-refractivity contribution in [1.29, 1.82) is 0 Å². The zero-order valence-electron chi connectivity index (χ0n) is 15.7. The van der Waals surface area contributed by atoms with Gasteiger partial charge in [0.15, 0.2) is 17.7 Å². The number of carbonyl (C=O) groups excluding carboxylic acids is 1. The lowest BCUT2D eigenvalue weighted by molar-refractivity contribution is -0.134. The van der Waals surface area contributed by atoms with E-state index in [4.69, 9.17) is 0 Å². The van der Waals surface area contributed by atoms with Crippen LogP contribution in [0.5, 0.6) is 0 Å². The number of carbonyl (C=O) groups is 2. The van der Waals surface area contributed by atoms with Crippen molar-refractivity contribution in [3.05, 3.63) is 51.6 Å². The molecule has 3 atom stereocenters. The van der Waals surface area contributed by atoms with Gasteiger partial charge in [-0.25, -0.2) is 19.6 Å². The maximum Gasteiger partial charge on any atom is 0.439 e. The molecule has 1 aliphatic carbocycles. The van der Waals surface area contributed by atoms with Crippen molar-refractivity contribution in [2.45, 2.75) is 31.3 Å². The van der Waals surface area contributed by atoms with E-state index >= 15 is 0 Å². The maximum atomic E-state index is 12.8. The lowest BCUT2D eigenvalue weighted by Gasteiger charge is -2.25. The summed E-state index contributed by atoms with van der Waals surface area (Å²) in [7, 11) is 0. The van der Waals surface area contributed by atoms with Crippen LogP contribution in [0.2, 0.25) is 0 Å². The molecule has 3 heterocycles. The van der Waals surface area contributed by atoms with Gasteiger partial charge in [-0.2, -0.15) is 0 Å². The van der Waals surface area contributed by atoms with Gasteiger partial charge in [-0.15, -0.1) is 5.11 Å². The second kappa shape index (κ2) is 6.98. The summed E-state index contributed by atoms with van der Waals surface area (Å²) in [5.74, 6) is -2.21. The van der Waals surface area contributed by atoms with Crippen molar-refractivity contribution in [2.24, 2.45) is 15.3 Å². The summed E-state index contributed by atoms with van der Waals surface area (Å²) in [5, 5.41) is 33.8. The first-order chi connectivity index (χ1) is 14.9. The highest BCUT2D eigenvalue weighted by atomic mass is 16.5. The van der Waals surface area contributed by atoms with Gasteiger partial charge in [0.05, 0.1) is 6.04 Å². The number of aliphatic imine (C=N–C) groups is 1. The predicted molar refractivity (Wildman–Crippen MR) is 101 cm³/mol. The van der Waals surface area contributed by atoms with Crippen LogP contribution >= 0.6 is 0 Å². The Morgan fingerprint density at radius 3 is 2.90 bits per heavy atom. The number of nitrogens with zero attached hydrogens (tertiary/aromatic N) is 5. The molecule has 1 aromatic heterocycles. The monoisotopic (exact) mass is 425 g/mol. The number of aliphatic hydroxyl groups is 1. The molecule has 0 radical (unpaired) electrons. The molecule has 2 aromatic rings. The summed E-state index contributed by atoms with van der Waals surface area (Å²) in [6, 6.07) is 5.15. The number of aliphatic hydroxyl groups excluding tert-OH is 1. The second-order valence-corrected chi connectivity index (χ2v) is 7.15. The number of aromatic amines is 1. The fourth-order valence-corrected chi connectivity index (χ4v) is 3.82. The van der Waals surface area contributed by atoms with Crippen LogP contribution in [-0.2, 0) is 16.0 Å². The number of fused-ring (bicyclic) bond motifs is 2. The number of nitrogens with one attached hydrogen (secondary N) is 2. The molecule has 1 aromatic carbocycles. The largest absolute Gasteiger partial charge is 0.477 e. The Morgan fingerprint density at radius 2 is 2.16 bits per heavy atom. The van der Waals surface area contributed by atoms with Gasteiger partial charge in [0, 0.05) is 11.6 Å². The number of carboxylic acids is 1. The van der Waals surface area contributed by atoms with E-state index in [1.54, 1.807) is 6.07 Å². The number of aryl methyl sites for hydroxylation is 1. The lowest BCUT2D eigenvalue weighted by atomic mass is 10.0. The summed E-state index contributed by atoms with van der Waals surface area (Å²) in [4.78, 5) is 42.1. The Kier molecular flexibility index (Phi) is 4.25. The minimum absolute atomic E-state index is 0.129. The van der Waals surface area contributed by atoms with Gasteiger partial charge in [-0.05, 0) is 30.0 Å². The van der Waals surface area contributed by atoms with Gasteiger partial charge in [-0.3, -0.25) is 14.3 Å². The highest BCUT2D eigenvalue weighted by Crippen LogP contribution is 2.34. The Hall–Kier alpha value is -4.13. The molecule has 0 saturated heterocycles. The minimum atomic E-state index is -1.36. The van der Waals surface area contributed by atoms with Crippen LogP contribution in [0.15, 0.2) is 54.6 Å². The average molecular weight is 425 g/mol. The summed E-state index contributed by atoms with van der Waals surface area (Å²) < 4.78 is 4.53. The molecule has 13 nitrogen and oxygen atoms in total. The molecule has 3 aliphatic rings.